The lowest BCUT2D eigenvalue weighted by Crippen LogP contribution is -2.22. The number of hydrogen-bond donors (Lipinski definition) is 2. The van der Waals surface area contributed by atoms with Crippen LogP contribution in [0, 0.1) is 0 Å². The summed E-state index contributed by atoms with van der Waals surface area (Å²) in [7, 11) is 1.89. The van der Waals surface area contributed by atoms with Gasteiger partial charge in [-0.3, -0.25) is 0 Å². The first-order chi connectivity index (χ1) is 6.77. The van der Waals surface area contributed by atoms with Crippen molar-refractivity contribution in [2.75, 3.05) is 12.4 Å². The van der Waals surface area contributed by atoms with E-state index in [1.807, 2.05) is 31.3 Å². The van der Waals surface area contributed by atoms with Crippen LogP contribution in [-0.2, 0) is 11.2 Å². The Bertz CT molecular complexity index is 299. The quantitative estimate of drug-likeness (QED) is 0.689. The lowest BCUT2D eigenvalue weighted by Gasteiger charge is -2.09. The third-order valence-corrected chi connectivity index (χ3v) is 2.21. The molecule has 3 N–H and O–H groups in total. The highest BCUT2D eigenvalue weighted by atomic mass is 16.1. The molecule has 1 atom stereocenters. The van der Waals surface area contributed by atoms with Crippen LogP contribution in [0.25, 0.3) is 0 Å². The summed E-state index contributed by atoms with van der Waals surface area (Å²) in [6.45, 7) is 0. The van der Waals surface area contributed by atoms with Gasteiger partial charge in [-0.25, -0.2) is 0 Å². The van der Waals surface area contributed by atoms with Crippen molar-refractivity contribution < 1.29 is 4.79 Å². The van der Waals surface area contributed by atoms with Gasteiger partial charge in [-0.2, -0.15) is 0 Å². The highest BCUT2D eigenvalue weighted by molar-refractivity contribution is 5.57. The summed E-state index contributed by atoms with van der Waals surface area (Å²) in [6, 6.07) is 7.68. The lowest BCUT2D eigenvalue weighted by atomic mass is 10.0. The summed E-state index contributed by atoms with van der Waals surface area (Å²) in [4.78, 5) is 10.3. The van der Waals surface area contributed by atoms with E-state index in [1.165, 1.54) is 5.56 Å². The maximum atomic E-state index is 10.3. The van der Waals surface area contributed by atoms with E-state index in [-0.39, 0.29) is 6.04 Å². The zero-order chi connectivity index (χ0) is 10.4. The first-order valence-electron chi connectivity index (χ1n) is 4.74. The molecule has 0 aromatic heterocycles. The number of anilines is 1. The van der Waals surface area contributed by atoms with Crippen LogP contribution in [-0.4, -0.2) is 19.4 Å². The Balaban J connectivity index is 2.61. The summed E-state index contributed by atoms with van der Waals surface area (Å²) < 4.78 is 0. The number of para-hydroxylation sites is 1. The van der Waals surface area contributed by atoms with Gasteiger partial charge in [-0.15, -0.1) is 0 Å². The molecule has 0 aliphatic rings. The van der Waals surface area contributed by atoms with Crippen LogP contribution in [0.5, 0.6) is 0 Å². The molecule has 76 valence electrons. The van der Waals surface area contributed by atoms with Crippen LogP contribution < -0.4 is 11.1 Å². The Morgan fingerprint density at radius 3 is 2.86 bits per heavy atom. The Morgan fingerprint density at radius 1 is 1.50 bits per heavy atom. The van der Waals surface area contributed by atoms with Gasteiger partial charge in [0.1, 0.15) is 6.29 Å². The molecule has 0 spiro atoms. The van der Waals surface area contributed by atoms with E-state index in [4.69, 9.17) is 5.73 Å². The molecule has 14 heavy (non-hydrogen) atoms. The Morgan fingerprint density at radius 2 is 2.21 bits per heavy atom. The van der Waals surface area contributed by atoms with Crippen molar-refractivity contribution >= 4 is 12.0 Å². The van der Waals surface area contributed by atoms with Crippen molar-refractivity contribution in [1.82, 2.24) is 0 Å². The second kappa shape index (κ2) is 5.40. The number of nitrogens with two attached hydrogens (primary N) is 1. The molecule has 0 saturated heterocycles. The smallest absolute Gasteiger partial charge is 0.136 e. The largest absolute Gasteiger partial charge is 0.388 e. The predicted octanol–water partition coefficient (Wildman–Crippen LogP) is 1.19. The van der Waals surface area contributed by atoms with Gasteiger partial charge < -0.3 is 15.8 Å². The molecule has 0 amide bonds. The molecule has 0 saturated carbocycles. The number of rotatable bonds is 5. The average Bonchev–Trinajstić information content (AvgIpc) is 2.26. The zero-order valence-corrected chi connectivity index (χ0v) is 8.36. The Hall–Kier alpha value is -1.35. The van der Waals surface area contributed by atoms with Crippen molar-refractivity contribution in [1.29, 1.82) is 0 Å². The van der Waals surface area contributed by atoms with Crippen LogP contribution in [0.4, 0.5) is 5.69 Å². The summed E-state index contributed by atoms with van der Waals surface area (Å²) >= 11 is 0. The molecule has 0 aliphatic carbocycles. The molecule has 3 nitrogen and oxygen atoms in total. The monoisotopic (exact) mass is 192 g/mol. The highest BCUT2D eigenvalue weighted by Gasteiger charge is 2.03. The fourth-order valence-electron chi connectivity index (χ4n) is 1.37. The third kappa shape index (κ3) is 2.85. The SMILES string of the molecule is CNc1ccccc1CC[C@H](N)C=O. The fourth-order valence-corrected chi connectivity index (χ4v) is 1.37. The van der Waals surface area contributed by atoms with Gasteiger partial charge in [0.2, 0.25) is 0 Å². The normalized spacial score (nSPS) is 12.1. The number of benzene rings is 1. The predicted molar refractivity (Wildman–Crippen MR) is 58.3 cm³/mol. The summed E-state index contributed by atoms with van der Waals surface area (Å²) in [5.41, 5.74) is 7.83. The molecule has 1 aromatic rings. The molecule has 1 rings (SSSR count). The maximum Gasteiger partial charge on any atom is 0.136 e. The van der Waals surface area contributed by atoms with Crippen LogP contribution in [0.2, 0.25) is 0 Å². The van der Waals surface area contributed by atoms with E-state index in [0.29, 0.717) is 6.42 Å². The van der Waals surface area contributed by atoms with Gasteiger partial charge in [0.25, 0.3) is 0 Å². The molecule has 0 aliphatic heterocycles. The Labute approximate surface area is 84.3 Å². The van der Waals surface area contributed by atoms with Gasteiger partial charge in [0, 0.05) is 12.7 Å². The van der Waals surface area contributed by atoms with Crippen molar-refractivity contribution in [2.24, 2.45) is 5.73 Å². The van der Waals surface area contributed by atoms with Crippen LogP contribution in [0.3, 0.4) is 0 Å². The third-order valence-electron chi connectivity index (χ3n) is 2.21. The molecule has 1 aromatic carbocycles. The standard InChI is InChI=1S/C11H16N2O/c1-13-11-5-3-2-4-9(11)6-7-10(12)8-14/h2-5,8,10,13H,6-7,12H2,1H3/t10-/m0/s1. The van der Waals surface area contributed by atoms with E-state index in [9.17, 15) is 4.79 Å². The number of hydrogen-bond acceptors (Lipinski definition) is 3. The number of aldehydes is 1. The fraction of sp³-hybridized carbons (Fsp3) is 0.364. The van der Waals surface area contributed by atoms with Crippen LogP contribution >= 0.6 is 0 Å². The molecule has 0 unspecified atom stereocenters. The van der Waals surface area contributed by atoms with Gasteiger partial charge in [0.05, 0.1) is 6.04 Å². The zero-order valence-electron chi connectivity index (χ0n) is 8.36. The molecular formula is C11H16N2O. The van der Waals surface area contributed by atoms with Crippen molar-refractivity contribution in [3.05, 3.63) is 29.8 Å². The summed E-state index contributed by atoms with van der Waals surface area (Å²) in [5, 5.41) is 3.11. The first kappa shape index (κ1) is 10.7. The molecule has 0 radical (unpaired) electrons. The number of carbonyl (C=O) groups is 1. The van der Waals surface area contributed by atoms with E-state index in [2.05, 4.69) is 5.32 Å². The topological polar surface area (TPSA) is 55.1 Å². The van der Waals surface area contributed by atoms with Crippen molar-refractivity contribution in [2.45, 2.75) is 18.9 Å². The van der Waals surface area contributed by atoms with Crippen LogP contribution in [0.15, 0.2) is 24.3 Å². The highest BCUT2D eigenvalue weighted by Crippen LogP contribution is 2.15. The minimum Gasteiger partial charge on any atom is -0.388 e. The maximum absolute atomic E-state index is 10.3. The Kier molecular flexibility index (Phi) is 4.13. The number of nitrogens with one attached hydrogen (secondary N) is 1. The van der Waals surface area contributed by atoms with E-state index in [1.54, 1.807) is 0 Å². The van der Waals surface area contributed by atoms with Crippen LogP contribution in [0.1, 0.15) is 12.0 Å². The second-order valence-corrected chi connectivity index (χ2v) is 3.25. The number of carbonyl (C=O) groups excluding carboxylic acids is 1. The molecule has 0 fully saturated rings. The van der Waals surface area contributed by atoms with Gasteiger partial charge in [-0.1, -0.05) is 18.2 Å². The minimum absolute atomic E-state index is 0.347. The molecule has 3 heteroatoms. The summed E-state index contributed by atoms with van der Waals surface area (Å²) in [5.74, 6) is 0. The molecule has 0 bridgehead atoms. The first-order valence-corrected chi connectivity index (χ1v) is 4.74. The minimum atomic E-state index is -0.347. The van der Waals surface area contributed by atoms with E-state index >= 15 is 0 Å². The van der Waals surface area contributed by atoms with Gasteiger partial charge in [-0.05, 0) is 24.5 Å². The average molecular weight is 192 g/mol. The van der Waals surface area contributed by atoms with E-state index in [0.717, 1.165) is 18.4 Å². The van der Waals surface area contributed by atoms with Gasteiger partial charge >= 0.3 is 0 Å². The second-order valence-electron chi connectivity index (χ2n) is 3.25. The molecular weight excluding hydrogens is 176 g/mol. The summed E-state index contributed by atoms with van der Waals surface area (Å²) in [6.07, 6.45) is 2.32. The van der Waals surface area contributed by atoms with Gasteiger partial charge in [0.15, 0.2) is 0 Å². The number of aryl methyl sites for hydroxylation is 1. The van der Waals surface area contributed by atoms with Crippen molar-refractivity contribution in [3.63, 3.8) is 0 Å². The lowest BCUT2D eigenvalue weighted by molar-refractivity contribution is -0.109. The molecule has 0 heterocycles. The van der Waals surface area contributed by atoms with Crippen molar-refractivity contribution in [3.8, 4) is 0 Å². The van der Waals surface area contributed by atoms with E-state index < -0.39 is 0 Å².